The third-order valence-electron chi connectivity index (χ3n) is 4.14. The van der Waals surface area contributed by atoms with E-state index >= 15 is 0 Å². The number of rotatable bonds is 3. The quantitative estimate of drug-likeness (QED) is 0.828. The van der Waals surface area contributed by atoms with Crippen LogP contribution in [0, 0.1) is 5.92 Å². The van der Waals surface area contributed by atoms with Gasteiger partial charge in [-0.1, -0.05) is 53.4 Å². The highest BCUT2D eigenvalue weighted by molar-refractivity contribution is 9.10. The average Bonchev–Trinajstić information content (AvgIpc) is 2.63. The first-order chi connectivity index (χ1) is 9.59. The Kier molecular flexibility index (Phi) is 5.61. The van der Waals surface area contributed by atoms with E-state index in [1.807, 2.05) is 31.2 Å². The standard InChI is InChI=1S/C16H23BrN2O/c1-11(12-7-5-6-9-14(12)17)19-16(20)13-8-3-2-4-10-15(13)18/h5-7,9,11,13,15H,2-4,8,10,18H2,1H3,(H,19,20). The molecule has 20 heavy (non-hydrogen) atoms. The highest BCUT2D eigenvalue weighted by atomic mass is 79.9. The van der Waals surface area contributed by atoms with Gasteiger partial charge >= 0.3 is 0 Å². The topological polar surface area (TPSA) is 55.1 Å². The molecular weight excluding hydrogens is 316 g/mol. The van der Waals surface area contributed by atoms with Crippen molar-refractivity contribution >= 4 is 21.8 Å². The zero-order valence-electron chi connectivity index (χ0n) is 11.9. The molecule has 1 aliphatic rings. The van der Waals surface area contributed by atoms with Crippen molar-refractivity contribution in [1.82, 2.24) is 5.32 Å². The Balaban J connectivity index is 2.01. The van der Waals surface area contributed by atoms with Crippen LogP contribution in [0.25, 0.3) is 0 Å². The Morgan fingerprint density at radius 1 is 1.30 bits per heavy atom. The lowest BCUT2D eigenvalue weighted by Crippen LogP contribution is -2.42. The second kappa shape index (κ2) is 7.23. The van der Waals surface area contributed by atoms with Gasteiger partial charge in [-0.25, -0.2) is 0 Å². The maximum Gasteiger partial charge on any atom is 0.225 e. The van der Waals surface area contributed by atoms with Gasteiger partial charge in [-0.05, 0) is 31.4 Å². The summed E-state index contributed by atoms with van der Waals surface area (Å²) in [6, 6.07) is 7.98. The van der Waals surface area contributed by atoms with E-state index in [-0.39, 0.29) is 23.9 Å². The van der Waals surface area contributed by atoms with E-state index in [2.05, 4.69) is 21.2 Å². The molecule has 3 unspecified atom stereocenters. The molecule has 1 amide bonds. The summed E-state index contributed by atoms with van der Waals surface area (Å²) in [5.74, 6) is 0.0603. The average molecular weight is 339 g/mol. The highest BCUT2D eigenvalue weighted by Crippen LogP contribution is 2.26. The van der Waals surface area contributed by atoms with Gasteiger partial charge in [0, 0.05) is 10.5 Å². The zero-order valence-corrected chi connectivity index (χ0v) is 13.5. The Morgan fingerprint density at radius 2 is 2.00 bits per heavy atom. The summed E-state index contributed by atoms with van der Waals surface area (Å²) < 4.78 is 1.03. The van der Waals surface area contributed by atoms with E-state index in [1.54, 1.807) is 0 Å². The summed E-state index contributed by atoms with van der Waals surface area (Å²) in [5, 5.41) is 3.12. The molecule has 4 heteroatoms. The molecule has 3 nitrogen and oxygen atoms in total. The smallest absolute Gasteiger partial charge is 0.225 e. The monoisotopic (exact) mass is 338 g/mol. The van der Waals surface area contributed by atoms with Crippen molar-refractivity contribution in [2.75, 3.05) is 0 Å². The summed E-state index contributed by atoms with van der Waals surface area (Å²) in [6.07, 6.45) is 5.31. The summed E-state index contributed by atoms with van der Waals surface area (Å²) >= 11 is 3.53. The van der Waals surface area contributed by atoms with E-state index in [9.17, 15) is 4.79 Å². The predicted octanol–water partition coefficient (Wildman–Crippen LogP) is 3.53. The minimum Gasteiger partial charge on any atom is -0.349 e. The van der Waals surface area contributed by atoms with Gasteiger partial charge in [-0.15, -0.1) is 0 Å². The van der Waals surface area contributed by atoms with Crippen LogP contribution in [0.3, 0.4) is 0 Å². The van der Waals surface area contributed by atoms with Crippen LogP contribution in [0.15, 0.2) is 28.7 Å². The first-order valence-electron chi connectivity index (χ1n) is 7.40. The first kappa shape index (κ1) is 15.5. The van der Waals surface area contributed by atoms with Crippen LogP contribution in [0.1, 0.15) is 50.6 Å². The Hall–Kier alpha value is -0.870. The Bertz CT molecular complexity index is 464. The number of carbonyl (C=O) groups excluding carboxylic acids is 1. The SMILES string of the molecule is CC(NC(=O)C1CCCCCC1N)c1ccccc1Br. The third kappa shape index (κ3) is 3.83. The molecule has 3 atom stereocenters. The van der Waals surface area contributed by atoms with Crippen molar-refractivity contribution in [3.8, 4) is 0 Å². The lowest BCUT2D eigenvalue weighted by molar-refractivity contribution is -0.126. The second-order valence-corrected chi connectivity index (χ2v) is 6.51. The molecule has 1 saturated carbocycles. The number of hydrogen-bond donors (Lipinski definition) is 2. The third-order valence-corrected chi connectivity index (χ3v) is 4.86. The fourth-order valence-electron chi connectivity index (χ4n) is 2.89. The minimum atomic E-state index is -0.0394. The van der Waals surface area contributed by atoms with Gasteiger partial charge in [0.25, 0.3) is 0 Å². The molecule has 1 aliphatic carbocycles. The lowest BCUT2D eigenvalue weighted by atomic mass is 9.94. The largest absolute Gasteiger partial charge is 0.349 e. The Labute approximate surface area is 129 Å². The van der Waals surface area contributed by atoms with Gasteiger partial charge < -0.3 is 11.1 Å². The second-order valence-electron chi connectivity index (χ2n) is 5.66. The molecule has 0 radical (unpaired) electrons. The number of amides is 1. The van der Waals surface area contributed by atoms with E-state index in [0.29, 0.717) is 0 Å². The minimum absolute atomic E-state index is 0.00362. The number of halogens is 1. The van der Waals surface area contributed by atoms with Crippen molar-refractivity contribution in [2.24, 2.45) is 11.7 Å². The zero-order chi connectivity index (χ0) is 14.5. The van der Waals surface area contributed by atoms with Gasteiger partial charge in [-0.2, -0.15) is 0 Å². The van der Waals surface area contributed by atoms with Crippen LogP contribution >= 0.6 is 15.9 Å². The van der Waals surface area contributed by atoms with Crippen molar-refractivity contribution in [2.45, 2.75) is 51.1 Å². The number of hydrogen-bond acceptors (Lipinski definition) is 2. The molecule has 0 aliphatic heterocycles. The maximum atomic E-state index is 12.4. The molecule has 0 aromatic heterocycles. The molecule has 1 aromatic rings. The summed E-state index contributed by atoms with van der Waals surface area (Å²) in [4.78, 5) is 12.4. The van der Waals surface area contributed by atoms with Crippen molar-refractivity contribution in [1.29, 1.82) is 0 Å². The number of carbonyl (C=O) groups is 1. The van der Waals surface area contributed by atoms with Gasteiger partial charge in [0.2, 0.25) is 5.91 Å². The molecule has 2 rings (SSSR count). The summed E-state index contributed by atoms with van der Waals surface area (Å²) in [5.41, 5.74) is 7.25. The van der Waals surface area contributed by atoms with Crippen LogP contribution in [0.4, 0.5) is 0 Å². The van der Waals surface area contributed by atoms with Crippen LogP contribution in [0.2, 0.25) is 0 Å². The van der Waals surface area contributed by atoms with Gasteiger partial charge in [0.1, 0.15) is 0 Å². The fourth-order valence-corrected chi connectivity index (χ4v) is 3.51. The molecule has 1 aromatic carbocycles. The summed E-state index contributed by atoms with van der Waals surface area (Å²) in [6.45, 7) is 2.01. The molecule has 0 heterocycles. The summed E-state index contributed by atoms with van der Waals surface area (Å²) in [7, 11) is 0. The van der Waals surface area contributed by atoms with Crippen LogP contribution < -0.4 is 11.1 Å². The van der Waals surface area contributed by atoms with E-state index in [4.69, 9.17) is 5.73 Å². The number of nitrogens with two attached hydrogens (primary N) is 1. The molecular formula is C16H23BrN2O. The van der Waals surface area contributed by atoms with Crippen LogP contribution in [-0.4, -0.2) is 11.9 Å². The van der Waals surface area contributed by atoms with E-state index < -0.39 is 0 Å². The highest BCUT2D eigenvalue weighted by Gasteiger charge is 2.28. The fraction of sp³-hybridized carbons (Fsp3) is 0.562. The Morgan fingerprint density at radius 3 is 2.75 bits per heavy atom. The van der Waals surface area contributed by atoms with E-state index in [1.165, 1.54) is 6.42 Å². The molecule has 0 saturated heterocycles. The first-order valence-corrected chi connectivity index (χ1v) is 8.19. The van der Waals surface area contributed by atoms with E-state index in [0.717, 1.165) is 35.7 Å². The number of benzene rings is 1. The van der Waals surface area contributed by atoms with Crippen molar-refractivity contribution < 1.29 is 4.79 Å². The molecule has 0 spiro atoms. The number of nitrogens with one attached hydrogen (secondary N) is 1. The predicted molar refractivity (Wildman–Crippen MR) is 85.3 cm³/mol. The molecule has 1 fully saturated rings. The van der Waals surface area contributed by atoms with Crippen molar-refractivity contribution in [3.05, 3.63) is 34.3 Å². The molecule has 0 bridgehead atoms. The van der Waals surface area contributed by atoms with Crippen molar-refractivity contribution in [3.63, 3.8) is 0 Å². The maximum absolute atomic E-state index is 12.4. The van der Waals surface area contributed by atoms with Crippen LogP contribution in [-0.2, 0) is 4.79 Å². The van der Waals surface area contributed by atoms with Crippen LogP contribution in [0.5, 0.6) is 0 Å². The van der Waals surface area contributed by atoms with Gasteiger partial charge in [0.05, 0.1) is 12.0 Å². The van der Waals surface area contributed by atoms with Gasteiger partial charge in [0.15, 0.2) is 0 Å². The molecule has 3 N–H and O–H groups in total. The normalized spacial score (nSPS) is 24.8. The van der Waals surface area contributed by atoms with Gasteiger partial charge in [-0.3, -0.25) is 4.79 Å². The molecule has 110 valence electrons. The lowest BCUT2D eigenvalue weighted by Gasteiger charge is -2.23.